The van der Waals surface area contributed by atoms with Gasteiger partial charge in [-0.25, -0.2) is 4.98 Å². The van der Waals surface area contributed by atoms with E-state index >= 15 is 0 Å². The molecule has 9 aromatic carbocycles. The number of ether oxygens (including phenoxy) is 1. The Morgan fingerprint density at radius 3 is 1.91 bits per heavy atom. The fourth-order valence-corrected chi connectivity index (χ4v) is 11.3. The van der Waals surface area contributed by atoms with E-state index in [0.29, 0.717) is 40.1 Å². The van der Waals surface area contributed by atoms with Crippen LogP contribution < -0.4 is 9.30 Å². The van der Waals surface area contributed by atoms with Crippen molar-refractivity contribution in [2.45, 2.75) is 85.0 Å². The summed E-state index contributed by atoms with van der Waals surface area (Å²) in [5, 5.41) is 1.54. The van der Waals surface area contributed by atoms with Gasteiger partial charge in [-0.2, -0.15) is 18.2 Å². The second-order valence-corrected chi connectivity index (χ2v) is 22.5. The van der Waals surface area contributed by atoms with Gasteiger partial charge in [0.15, 0.2) is 0 Å². The molecular formula is C73H63N5OPt-2. The summed E-state index contributed by atoms with van der Waals surface area (Å²) >= 11 is 0. The van der Waals surface area contributed by atoms with Crippen molar-refractivity contribution in [2.75, 3.05) is 0 Å². The maximum absolute atomic E-state index is 9.20. The van der Waals surface area contributed by atoms with Crippen LogP contribution in [0, 0.1) is 18.5 Å². The van der Waals surface area contributed by atoms with E-state index < -0.39 is 24.2 Å². The van der Waals surface area contributed by atoms with Gasteiger partial charge in [0.25, 0.3) is 6.33 Å². The van der Waals surface area contributed by atoms with Gasteiger partial charge in [0.2, 0.25) is 0 Å². The Kier molecular flexibility index (Phi) is 11.3. The van der Waals surface area contributed by atoms with Crippen molar-refractivity contribution in [3.63, 3.8) is 0 Å². The number of nitrogens with zero attached hydrogens (tertiary/aromatic N) is 5. The summed E-state index contributed by atoms with van der Waals surface area (Å²) in [4.78, 5) is 4.96. The van der Waals surface area contributed by atoms with E-state index in [1.54, 1.807) is 4.57 Å². The zero-order chi connectivity index (χ0) is 61.1. The maximum atomic E-state index is 9.20. The first-order valence-electron chi connectivity index (χ1n) is 31.1. The number of para-hydroxylation sites is 5. The molecule has 0 unspecified atom stereocenters. The topological polar surface area (TPSA) is 40.8 Å². The molecule has 0 spiro atoms. The van der Waals surface area contributed by atoms with Gasteiger partial charge in [-0.3, -0.25) is 4.57 Å². The number of benzene rings is 9. The van der Waals surface area contributed by atoms with Crippen LogP contribution in [0.2, 0.25) is 0 Å². The molecule has 0 amide bonds. The Morgan fingerprint density at radius 2 is 1.21 bits per heavy atom. The molecule has 0 N–H and O–H groups in total. The fraction of sp³-hybridized carbons (Fsp3) is 0.178. The van der Waals surface area contributed by atoms with E-state index in [4.69, 9.17) is 17.9 Å². The maximum Gasteiger partial charge on any atom is 0.268 e. The molecule has 0 aliphatic carbocycles. The van der Waals surface area contributed by atoms with Gasteiger partial charge < -0.3 is 18.4 Å². The summed E-state index contributed by atoms with van der Waals surface area (Å²) in [5.74, 6) is 1.81. The van der Waals surface area contributed by atoms with E-state index in [0.717, 1.165) is 73.7 Å². The molecule has 80 heavy (non-hydrogen) atoms. The fourth-order valence-electron chi connectivity index (χ4n) is 11.3. The van der Waals surface area contributed by atoms with E-state index in [1.807, 2.05) is 76.0 Å². The first-order chi connectivity index (χ1) is 41.7. The number of rotatable bonds is 11. The van der Waals surface area contributed by atoms with Crippen LogP contribution in [0.4, 0.5) is 0 Å². The normalized spacial score (nSPS) is 13.5. The number of fused-ring (bicyclic) bond motifs is 7. The van der Waals surface area contributed by atoms with Crippen LogP contribution in [0.25, 0.3) is 99.8 Å². The van der Waals surface area contributed by atoms with Crippen molar-refractivity contribution < 1.29 is 41.3 Å². The Labute approximate surface area is 495 Å². The first kappa shape index (κ1) is 43.6. The van der Waals surface area contributed by atoms with Crippen LogP contribution in [-0.2, 0) is 31.9 Å². The Hall–Kier alpha value is -8.31. The van der Waals surface area contributed by atoms with Crippen molar-refractivity contribution in [3.05, 3.63) is 241 Å². The summed E-state index contributed by atoms with van der Waals surface area (Å²) < 4.78 is 85.7. The molecule has 0 saturated heterocycles. The zero-order valence-electron chi connectivity index (χ0n) is 54.0. The predicted octanol–water partition coefficient (Wildman–Crippen LogP) is 18.5. The molecule has 0 bridgehead atoms. The number of aromatic nitrogens is 5. The van der Waals surface area contributed by atoms with E-state index in [1.165, 1.54) is 11.1 Å². The number of imidazole rings is 1. The zero-order valence-corrected chi connectivity index (χ0v) is 48.2. The predicted molar refractivity (Wildman–Crippen MR) is 326 cm³/mol. The third-order valence-electron chi connectivity index (χ3n) is 15.5. The SMILES string of the molecule is [2H]c1c([2H])c([2H])c2c(c1[2H])c1c([2H])c([2H])c([2H])c([2H])c1n2-c1ccc2c(c1)c1ccc(Oc3[c-]c(-n4[c-][n+](-c5c(-c6ccccc6)cccc5-c5cc(C(C)(C)C)cc(C(C)(C)C)c5)c5ccccc54)ccc3)[c-]c1n2-c1cc(C(CC)CC)ccn1.[Pt]. The molecule has 0 saturated carbocycles. The minimum Gasteiger partial charge on any atom is -0.510 e. The molecule has 4 aromatic heterocycles. The number of pyridine rings is 1. The molecule has 398 valence electrons. The standard InChI is InChI=1S/C73H63N5O.Pt/c1-9-48(10-2)50-38-39-74-70(42-50)78-66-37-34-55(77-64-30-16-14-26-60(64)61-27-15-17-31-65(61)77)45-63(66)62-36-35-57(46-69(62)78)79-56-25-20-24-54(44-56)75-47-76(68-33-19-18-32-67(68)75)71-58(49-22-12-11-13-23-49)28-21-29-59(71)51-40-52(72(3,4)5)43-53(41-51)73(6,7)8;/h11-43,45,48H,9-10H2,1-8H3;/q-2;/i14D,15D,16D,17D,26D,27D,30D,31D;. The molecule has 0 atom stereocenters. The largest absolute Gasteiger partial charge is 0.510 e. The molecule has 0 aliphatic heterocycles. The van der Waals surface area contributed by atoms with Crippen LogP contribution >= 0.6 is 0 Å². The molecule has 13 rings (SSSR count). The Balaban J connectivity index is 0.00000754. The van der Waals surface area contributed by atoms with Crippen LogP contribution in [0.15, 0.2) is 206 Å². The van der Waals surface area contributed by atoms with E-state index in [9.17, 15) is 2.74 Å². The van der Waals surface area contributed by atoms with Crippen molar-refractivity contribution in [2.24, 2.45) is 0 Å². The molecule has 0 aliphatic rings. The van der Waals surface area contributed by atoms with Gasteiger partial charge in [-0.15, -0.1) is 29.7 Å². The van der Waals surface area contributed by atoms with Crippen LogP contribution in [0.3, 0.4) is 0 Å². The quantitative estimate of drug-likeness (QED) is 0.0956. The minimum atomic E-state index is -0.494. The minimum absolute atomic E-state index is 0. The monoisotopic (exact) mass is 1230 g/mol. The van der Waals surface area contributed by atoms with Crippen LogP contribution in [0.5, 0.6) is 11.5 Å². The van der Waals surface area contributed by atoms with Crippen molar-refractivity contribution in [1.82, 2.24) is 18.7 Å². The summed E-state index contributed by atoms with van der Waals surface area (Å²) in [6.45, 7) is 18.0. The van der Waals surface area contributed by atoms with E-state index in [-0.39, 0.29) is 77.9 Å². The Bertz CT molecular complexity index is 4840. The van der Waals surface area contributed by atoms with Gasteiger partial charge in [0.05, 0.1) is 38.7 Å². The first-order valence-corrected chi connectivity index (χ1v) is 27.1. The molecule has 0 radical (unpaired) electrons. The summed E-state index contributed by atoms with van der Waals surface area (Å²) in [6.07, 6.45) is 7.53. The van der Waals surface area contributed by atoms with E-state index in [2.05, 4.69) is 169 Å². The average molecular weight is 1230 g/mol. The number of hydrogen-bond donors (Lipinski definition) is 0. The van der Waals surface area contributed by atoms with Gasteiger partial charge in [0.1, 0.15) is 5.82 Å². The van der Waals surface area contributed by atoms with Crippen molar-refractivity contribution >= 4 is 54.6 Å². The van der Waals surface area contributed by atoms with Gasteiger partial charge in [0, 0.05) is 60.7 Å². The smallest absolute Gasteiger partial charge is 0.268 e. The van der Waals surface area contributed by atoms with Gasteiger partial charge in [-0.1, -0.05) is 188 Å². The second kappa shape index (κ2) is 20.7. The van der Waals surface area contributed by atoms with Gasteiger partial charge >= 0.3 is 0 Å². The molecule has 6 nitrogen and oxygen atoms in total. The van der Waals surface area contributed by atoms with Crippen molar-refractivity contribution in [3.8, 4) is 56.6 Å². The summed E-state index contributed by atoms with van der Waals surface area (Å²) in [6, 6.07) is 55.6. The molecule has 7 heteroatoms. The number of hydrogen-bond acceptors (Lipinski definition) is 2. The molecule has 13 aromatic rings. The van der Waals surface area contributed by atoms with Crippen molar-refractivity contribution in [1.29, 1.82) is 0 Å². The summed E-state index contributed by atoms with van der Waals surface area (Å²) in [5.41, 5.74) is 13.3. The third kappa shape index (κ3) is 9.23. The van der Waals surface area contributed by atoms with Crippen LogP contribution in [-0.4, -0.2) is 18.7 Å². The average Bonchev–Trinajstić information content (AvgIpc) is 1.77. The molecule has 0 fully saturated rings. The molecular weight excluding hydrogens is 1160 g/mol. The third-order valence-corrected chi connectivity index (χ3v) is 15.5. The van der Waals surface area contributed by atoms with Crippen LogP contribution in [0.1, 0.15) is 102 Å². The summed E-state index contributed by atoms with van der Waals surface area (Å²) in [7, 11) is 0. The second-order valence-electron chi connectivity index (χ2n) is 22.5. The Morgan fingerprint density at radius 1 is 0.562 bits per heavy atom. The van der Waals surface area contributed by atoms with Gasteiger partial charge in [-0.05, 0) is 122 Å². The molecule has 4 heterocycles.